The molecule has 6 heteroatoms. The van der Waals surface area contributed by atoms with Gasteiger partial charge in [0, 0.05) is 17.1 Å². The Morgan fingerprint density at radius 1 is 1.33 bits per heavy atom. The van der Waals surface area contributed by atoms with E-state index in [1.165, 1.54) is 0 Å². The van der Waals surface area contributed by atoms with Crippen LogP contribution in [0.15, 0.2) is 22.8 Å². The maximum Gasteiger partial charge on any atom is 0.205 e. The van der Waals surface area contributed by atoms with Gasteiger partial charge < -0.3 is 5.32 Å². The molecule has 0 aromatic carbocycles. The lowest BCUT2D eigenvalue weighted by atomic mass is 10.1. The van der Waals surface area contributed by atoms with Gasteiger partial charge in [0.15, 0.2) is 0 Å². The standard InChI is InChI=1S/C12H15BrN4S/c1-8(2)5-11-16-17-12(18-11)15-7-10-4-3-9(13)6-14-10/h3-4,6,8H,5,7H2,1-2H3,(H,15,17). The third-order valence-electron chi connectivity index (χ3n) is 2.26. The average molecular weight is 327 g/mol. The highest BCUT2D eigenvalue weighted by Gasteiger charge is 2.06. The molecule has 1 N–H and O–H groups in total. The van der Waals surface area contributed by atoms with Gasteiger partial charge in [-0.2, -0.15) is 0 Å². The zero-order valence-corrected chi connectivity index (χ0v) is 12.8. The number of rotatable bonds is 5. The number of aromatic nitrogens is 3. The first-order valence-corrected chi connectivity index (χ1v) is 7.41. The molecule has 2 heterocycles. The van der Waals surface area contributed by atoms with Crippen molar-refractivity contribution < 1.29 is 0 Å². The van der Waals surface area contributed by atoms with Crippen molar-refractivity contribution in [2.75, 3.05) is 5.32 Å². The number of nitrogens with zero attached hydrogens (tertiary/aromatic N) is 3. The Morgan fingerprint density at radius 2 is 2.17 bits per heavy atom. The minimum Gasteiger partial charge on any atom is -0.354 e. The molecule has 0 spiro atoms. The largest absolute Gasteiger partial charge is 0.354 e. The van der Waals surface area contributed by atoms with Crippen LogP contribution in [-0.4, -0.2) is 15.2 Å². The summed E-state index contributed by atoms with van der Waals surface area (Å²) in [5, 5.41) is 13.5. The van der Waals surface area contributed by atoms with Crippen LogP contribution in [0.25, 0.3) is 0 Å². The van der Waals surface area contributed by atoms with Gasteiger partial charge in [0.05, 0.1) is 12.2 Å². The lowest BCUT2D eigenvalue weighted by Crippen LogP contribution is -2.00. The topological polar surface area (TPSA) is 50.7 Å². The quantitative estimate of drug-likeness (QED) is 0.913. The molecule has 0 unspecified atom stereocenters. The molecule has 0 amide bonds. The second kappa shape index (κ2) is 6.24. The molecule has 2 aromatic heterocycles. The summed E-state index contributed by atoms with van der Waals surface area (Å²) in [6.07, 6.45) is 2.77. The van der Waals surface area contributed by atoms with Crippen LogP contribution in [0.5, 0.6) is 0 Å². The van der Waals surface area contributed by atoms with E-state index in [0.717, 1.165) is 26.7 Å². The van der Waals surface area contributed by atoms with E-state index in [9.17, 15) is 0 Å². The predicted octanol–water partition coefficient (Wildman–Crippen LogP) is 3.51. The minimum absolute atomic E-state index is 0.610. The summed E-state index contributed by atoms with van der Waals surface area (Å²) in [4.78, 5) is 4.30. The van der Waals surface area contributed by atoms with Crippen LogP contribution in [-0.2, 0) is 13.0 Å². The van der Waals surface area contributed by atoms with E-state index in [1.54, 1.807) is 17.5 Å². The monoisotopic (exact) mass is 326 g/mol. The van der Waals surface area contributed by atoms with Crippen molar-refractivity contribution in [3.05, 3.63) is 33.5 Å². The second-order valence-corrected chi connectivity index (χ2v) is 6.40. The van der Waals surface area contributed by atoms with Gasteiger partial charge in [0.1, 0.15) is 5.01 Å². The van der Waals surface area contributed by atoms with E-state index in [2.05, 4.69) is 50.3 Å². The molecule has 0 aliphatic rings. The van der Waals surface area contributed by atoms with Crippen LogP contribution in [0, 0.1) is 5.92 Å². The van der Waals surface area contributed by atoms with Crippen LogP contribution in [0.2, 0.25) is 0 Å². The van der Waals surface area contributed by atoms with Gasteiger partial charge in [-0.25, -0.2) is 0 Å². The number of nitrogens with one attached hydrogen (secondary N) is 1. The van der Waals surface area contributed by atoms with Gasteiger partial charge in [-0.3, -0.25) is 4.98 Å². The molecular formula is C12H15BrN4S. The zero-order chi connectivity index (χ0) is 13.0. The molecule has 0 aliphatic heterocycles. The number of hydrogen-bond acceptors (Lipinski definition) is 5. The van der Waals surface area contributed by atoms with E-state index < -0.39 is 0 Å². The fourth-order valence-electron chi connectivity index (χ4n) is 1.43. The molecule has 0 atom stereocenters. The lowest BCUT2D eigenvalue weighted by molar-refractivity contribution is 0.640. The van der Waals surface area contributed by atoms with Crippen LogP contribution < -0.4 is 5.32 Å². The van der Waals surface area contributed by atoms with E-state index >= 15 is 0 Å². The van der Waals surface area contributed by atoms with Crippen molar-refractivity contribution in [1.82, 2.24) is 15.2 Å². The van der Waals surface area contributed by atoms with Gasteiger partial charge in [0.25, 0.3) is 0 Å². The summed E-state index contributed by atoms with van der Waals surface area (Å²) in [6.45, 7) is 5.03. The number of halogens is 1. The zero-order valence-electron chi connectivity index (χ0n) is 10.4. The molecule has 0 bridgehead atoms. The van der Waals surface area contributed by atoms with Gasteiger partial charge >= 0.3 is 0 Å². The van der Waals surface area contributed by atoms with Crippen LogP contribution in [0.3, 0.4) is 0 Å². The summed E-state index contributed by atoms with van der Waals surface area (Å²) in [5.41, 5.74) is 0.985. The predicted molar refractivity (Wildman–Crippen MR) is 77.7 cm³/mol. The Balaban J connectivity index is 1.90. The summed E-state index contributed by atoms with van der Waals surface area (Å²) >= 11 is 4.98. The molecule has 2 aromatic rings. The van der Waals surface area contributed by atoms with Gasteiger partial charge in [-0.15, -0.1) is 10.2 Å². The van der Waals surface area contributed by atoms with Crippen LogP contribution >= 0.6 is 27.3 Å². The smallest absolute Gasteiger partial charge is 0.205 e. The molecule has 4 nitrogen and oxygen atoms in total. The molecule has 0 fully saturated rings. The maximum absolute atomic E-state index is 4.30. The van der Waals surface area contributed by atoms with E-state index in [-0.39, 0.29) is 0 Å². The summed E-state index contributed by atoms with van der Waals surface area (Å²) < 4.78 is 0.987. The fraction of sp³-hybridized carbons (Fsp3) is 0.417. The van der Waals surface area contributed by atoms with Gasteiger partial charge in [0.2, 0.25) is 5.13 Å². The highest BCUT2D eigenvalue weighted by molar-refractivity contribution is 9.10. The third kappa shape index (κ3) is 4.03. The SMILES string of the molecule is CC(C)Cc1nnc(NCc2ccc(Br)cn2)s1. The first-order valence-electron chi connectivity index (χ1n) is 5.80. The average Bonchev–Trinajstić information content (AvgIpc) is 2.75. The highest BCUT2D eigenvalue weighted by atomic mass is 79.9. The molecule has 0 saturated carbocycles. The van der Waals surface area contributed by atoms with Crippen LogP contribution in [0.1, 0.15) is 24.5 Å². The normalized spacial score (nSPS) is 10.9. The minimum atomic E-state index is 0.610. The first-order chi connectivity index (χ1) is 8.63. The van der Waals surface area contributed by atoms with Crippen molar-refractivity contribution in [2.24, 2.45) is 5.92 Å². The Bertz CT molecular complexity index is 495. The van der Waals surface area contributed by atoms with Crippen molar-refractivity contribution in [3.8, 4) is 0 Å². The number of pyridine rings is 1. The first kappa shape index (κ1) is 13.4. The Morgan fingerprint density at radius 3 is 2.83 bits per heavy atom. The molecule has 96 valence electrons. The highest BCUT2D eigenvalue weighted by Crippen LogP contribution is 2.18. The Kier molecular flexibility index (Phi) is 4.66. The van der Waals surface area contributed by atoms with Crippen LogP contribution in [0.4, 0.5) is 5.13 Å². The van der Waals surface area contributed by atoms with E-state index in [4.69, 9.17) is 0 Å². The number of hydrogen-bond donors (Lipinski definition) is 1. The van der Waals surface area contributed by atoms with Crippen molar-refractivity contribution in [3.63, 3.8) is 0 Å². The third-order valence-corrected chi connectivity index (χ3v) is 3.63. The van der Waals surface area contributed by atoms with E-state index in [1.807, 2.05) is 12.1 Å². The fourth-order valence-corrected chi connectivity index (χ4v) is 2.62. The molecule has 2 rings (SSSR count). The maximum atomic E-state index is 4.30. The van der Waals surface area contributed by atoms with Crippen molar-refractivity contribution >= 4 is 32.4 Å². The Labute approximate surface area is 119 Å². The van der Waals surface area contributed by atoms with Crippen molar-refractivity contribution in [2.45, 2.75) is 26.8 Å². The van der Waals surface area contributed by atoms with E-state index in [0.29, 0.717) is 12.5 Å². The summed E-state index contributed by atoms with van der Waals surface area (Å²) in [6, 6.07) is 3.96. The summed E-state index contributed by atoms with van der Waals surface area (Å²) in [5.74, 6) is 0.610. The molecule has 0 radical (unpaired) electrons. The molecule has 0 aliphatic carbocycles. The second-order valence-electron chi connectivity index (χ2n) is 4.42. The molecule has 18 heavy (non-hydrogen) atoms. The Hall–Kier alpha value is -1.01. The van der Waals surface area contributed by atoms with Gasteiger partial charge in [-0.1, -0.05) is 25.2 Å². The molecular weight excluding hydrogens is 312 g/mol. The molecule has 0 saturated heterocycles. The number of anilines is 1. The van der Waals surface area contributed by atoms with Crippen molar-refractivity contribution in [1.29, 1.82) is 0 Å². The van der Waals surface area contributed by atoms with Gasteiger partial charge in [-0.05, 0) is 34.0 Å². The summed E-state index contributed by atoms with van der Waals surface area (Å²) in [7, 11) is 0. The lowest BCUT2D eigenvalue weighted by Gasteiger charge is -2.01.